The fraction of sp³-hybridized carbons (Fsp3) is 0.692. The first kappa shape index (κ1) is 15.7. The second kappa shape index (κ2) is 5.58. The molecule has 1 aliphatic carbocycles. The van der Waals surface area contributed by atoms with Gasteiger partial charge in [-0.2, -0.15) is 0 Å². The Kier molecular flexibility index (Phi) is 4.60. The van der Waals surface area contributed by atoms with Crippen molar-refractivity contribution in [3.63, 3.8) is 0 Å². The van der Waals surface area contributed by atoms with Crippen LogP contribution in [0.1, 0.15) is 32.6 Å². The molecule has 1 saturated heterocycles. The van der Waals surface area contributed by atoms with Crippen LogP contribution in [0.2, 0.25) is 0 Å². The summed E-state index contributed by atoms with van der Waals surface area (Å²) in [4.78, 5) is 24.6. The molecule has 4 atom stereocenters. The first-order chi connectivity index (χ1) is 8.54. The molecule has 2 aliphatic heterocycles. The number of hydrogen-bond donors (Lipinski definition) is 1. The maximum atomic E-state index is 12.0. The quantitative estimate of drug-likeness (QED) is 0.421. The molecule has 0 unspecified atom stereocenters. The van der Waals surface area contributed by atoms with Gasteiger partial charge in [0.15, 0.2) is 0 Å². The first-order valence-electron chi connectivity index (χ1n) is 6.49. The molecule has 0 bridgehead atoms. The molecule has 0 spiro atoms. The molecule has 0 aromatic rings. The maximum absolute atomic E-state index is 12.0. The minimum Gasteiger partial charge on any atom is -0.543 e. The van der Waals surface area contributed by atoms with Crippen molar-refractivity contribution >= 4 is 11.9 Å². The van der Waals surface area contributed by atoms with Crippen LogP contribution < -0.4 is 56.5 Å². The third kappa shape index (κ3) is 2.17. The smallest absolute Gasteiger partial charge is 0.543 e. The van der Waals surface area contributed by atoms with E-state index in [1.807, 2.05) is 0 Å². The van der Waals surface area contributed by atoms with Crippen molar-refractivity contribution < 1.29 is 71.2 Å². The summed E-state index contributed by atoms with van der Waals surface area (Å²) < 4.78 is 0. The fourth-order valence-corrected chi connectivity index (χ4v) is 3.81. The summed E-state index contributed by atoms with van der Waals surface area (Å²) in [6.07, 6.45) is 2.95. The van der Waals surface area contributed by atoms with E-state index in [-0.39, 0.29) is 74.9 Å². The van der Waals surface area contributed by atoms with E-state index in [4.69, 9.17) is 0 Å². The molecular weight excluding hydrogens is 273 g/mol. The van der Waals surface area contributed by atoms with Crippen LogP contribution in [-0.2, 0) is 9.59 Å². The normalized spacial score (nSPS) is 34.1. The summed E-state index contributed by atoms with van der Waals surface area (Å²) in [5, 5.41) is 20.9. The van der Waals surface area contributed by atoms with Crippen molar-refractivity contribution in [3.05, 3.63) is 11.3 Å². The number of carbonyl (C=O) groups excluding carboxylic acids is 2. The summed E-state index contributed by atoms with van der Waals surface area (Å²) >= 11 is 0. The standard InChI is InChI=1S/C13H17NO4.K/c1-6(15)9-10-7-4-2-3-5-8(7)11(13(17)18)14(10)12(9)16;/h6-7,9-10,15H,2-5H2,1H3,(H,17,18);/q;+1/p-1/t6-,7-,9-,10-;/m1./s1. The second-order valence-corrected chi connectivity index (χ2v) is 5.48. The van der Waals surface area contributed by atoms with Crippen molar-refractivity contribution in [2.75, 3.05) is 0 Å². The van der Waals surface area contributed by atoms with Crippen molar-refractivity contribution in [1.82, 2.24) is 4.90 Å². The molecular formula is C13H16KNO4. The average Bonchev–Trinajstić information content (AvgIpc) is 2.60. The van der Waals surface area contributed by atoms with E-state index in [0.29, 0.717) is 0 Å². The molecule has 6 heteroatoms. The predicted octanol–water partition coefficient (Wildman–Crippen LogP) is -3.59. The summed E-state index contributed by atoms with van der Waals surface area (Å²) in [6, 6.07) is -0.152. The number of carboxylic acids is 1. The number of carbonyl (C=O) groups is 2. The molecule has 2 heterocycles. The molecule has 3 aliphatic rings. The zero-order valence-electron chi connectivity index (χ0n) is 11.3. The molecule has 0 aromatic carbocycles. The van der Waals surface area contributed by atoms with E-state index < -0.39 is 18.0 Å². The number of amides is 1. The van der Waals surface area contributed by atoms with Gasteiger partial charge in [0, 0.05) is 5.92 Å². The van der Waals surface area contributed by atoms with Crippen LogP contribution in [0.5, 0.6) is 0 Å². The Balaban J connectivity index is 0.00000133. The van der Waals surface area contributed by atoms with Crippen LogP contribution in [0.15, 0.2) is 11.3 Å². The first-order valence-corrected chi connectivity index (χ1v) is 6.49. The number of β-lactam (4-membered cyclic amide) rings is 1. The van der Waals surface area contributed by atoms with Crippen LogP contribution in [0.4, 0.5) is 0 Å². The van der Waals surface area contributed by atoms with Gasteiger partial charge < -0.3 is 19.9 Å². The number of aliphatic carboxylic acids is 1. The largest absolute Gasteiger partial charge is 1.00 e. The summed E-state index contributed by atoms with van der Waals surface area (Å²) in [6.45, 7) is 1.60. The Hall–Kier alpha value is 0.276. The Morgan fingerprint density at radius 2 is 2.16 bits per heavy atom. The minimum atomic E-state index is -1.25. The fourth-order valence-electron chi connectivity index (χ4n) is 3.81. The van der Waals surface area contributed by atoms with E-state index in [9.17, 15) is 19.8 Å². The van der Waals surface area contributed by atoms with Crippen LogP contribution in [0.3, 0.4) is 0 Å². The summed E-state index contributed by atoms with van der Waals surface area (Å²) in [7, 11) is 0. The van der Waals surface area contributed by atoms with Crippen molar-refractivity contribution in [3.8, 4) is 0 Å². The van der Waals surface area contributed by atoms with E-state index in [0.717, 1.165) is 31.3 Å². The van der Waals surface area contributed by atoms with Gasteiger partial charge in [-0.25, -0.2) is 0 Å². The molecule has 2 fully saturated rings. The van der Waals surface area contributed by atoms with Crippen LogP contribution >= 0.6 is 0 Å². The van der Waals surface area contributed by atoms with Gasteiger partial charge in [-0.15, -0.1) is 0 Å². The average molecular weight is 289 g/mol. The number of aliphatic hydroxyl groups is 1. The van der Waals surface area contributed by atoms with Gasteiger partial charge in [0.25, 0.3) is 0 Å². The Morgan fingerprint density at radius 3 is 2.74 bits per heavy atom. The van der Waals surface area contributed by atoms with E-state index in [1.54, 1.807) is 6.92 Å². The molecule has 0 radical (unpaired) electrons. The van der Waals surface area contributed by atoms with Crippen LogP contribution in [-0.4, -0.2) is 34.0 Å². The van der Waals surface area contributed by atoms with Gasteiger partial charge in [-0.3, -0.25) is 4.79 Å². The minimum absolute atomic E-state index is 0. The van der Waals surface area contributed by atoms with Gasteiger partial charge in [0.2, 0.25) is 5.91 Å². The van der Waals surface area contributed by atoms with Crippen LogP contribution in [0.25, 0.3) is 0 Å². The zero-order valence-corrected chi connectivity index (χ0v) is 14.4. The van der Waals surface area contributed by atoms with Crippen molar-refractivity contribution in [1.29, 1.82) is 0 Å². The maximum Gasteiger partial charge on any atom is 1.00 e. The summed E-state index contributed by atoms with van der Waals surface area (Å²) in [5.41, 5.74) is 0.953. The van der Waals surface area contributed by atoms with Gasteiger partial charge in [-0.05, 0) is 31.8 Å². The topological polar surface area (TPSA) is 80.7 Å². The SMILES string of the molecule is C[C@@H](O)[C@H]1C(=O)N2C(C(=O)[O-])=C3CCCC[C@H]3[C@H]12.[K+]. The Bertz CT molecular complexity index is 460. The molecule has 98 valence electrons. The number of hydrogen-bond acceptors (Lipinski definition) is 4. The van der Waals surface area contributed by atoms with E-state index in [1.165, 1.54) is 4.90 Å². The Morgan fingerprint density at radius 1 is 1.47 bits per heavy atom. The molecule has 0 aromatic heterocycles. The molecule has 1 amide bonds. The van der Waals surface area contributed by atoms with E-state index >= 15 is 0 Å². The van der Waals surface area contributed by atoms with Gasteiger partial charge >= 0.3 is 51.4 Å². The van der Waals surface area contributed by atoms with E-state index in [2.05, 4.69) is 0 Å². The number of aliphatic hydroxyl groups excluding tert-OH is 1. The third-order valence-electron chi connectivity index (χ3n) is 4.52. The van der Waals surface area contributed by atoms with Gasteiger partial charge in [0.05, 0.1) is 29.7 Å². The number of nitrogens with zero attached hydrogens (tertiary/aromatic N) is 1. The number of rotatable bonds is 2. The summed E-state index contributed by atoms with van der Waals surface area (Å²) in [5.74, 6) is -1.85. The van der Waals surface area contributed by atoms with Crippen LogP contribution in [0, 0.1) is 11.8 Å². The van der Waals surface area contributed by atoms with Gasteiger partial charge in [-0.1, -0.05) is 6.42 Å². The molecule has 1 saturated carbocycles. The molecule has 3 rings (SSSR count). The predicted molar refractivity (Wildman–Crippen MR) is 59.8 cm³/mol. The molecule has 5 nitrogen and oxygen atoms in total. The molecule has 19 heavy (non-hydrogen) atoms. The van der Waals surface area contributed by atoms with Gasteiger partial charge in [0.1, 0.15) is 0 Å². The Labute approximate surface area is 154 Å². The number of fused-ring (bicyclic) bond motifs is 3. The third-order valence-corrected chi connectivity index (χ3v) is 4.52. The number of carboxylic acid groups (broad SMARTS) is 1. The second-order valence-electron chi connectivity index (χ2n) is 5.48. The zero-order chi connectivity index (χ0) is 13.0. The van der Waals surface area contributed by atoms with Crippen molar-refractivity contribution in [2.45, 2.75) is 44.8 Å². The van der Waals surface area contributed by atoms with Crippen molar-refractivity contribution in [2.24, 2.45) is 11.8 Å². The monoisotopic (exact) mass is 289 g/mol. The molecule has 1 N–H and O–H groups in total.